The number of urea groups is 1. The summed E-state index contributed by atoms with van der Waals surface area (Å²) in [7, 11) is 0. The number of carbonyl (C=O) groups excluding carboxylic acids is 2. The Balaban J connectivity index is 1.93. The van der Waals surface area contributed by atoms with E-state index in [0.717, 1.165) is 25.7 Å². The molecule has 0 saturated heterocycles. The molecule has 1 fully saturated rings. The first-order chi connectivity index (χ1) is 11.4. The molecular weight excluding hydrogens is 314 g/mol. The molecule has 1 aromatic carbocycles. The van der Waals surface area contributed by atoms with Crippen molar-refractivity contribution >= 4 is 17.6 Å². The van der Waals surface area contributed by atoms with Crippen molar-refractivity contribution in [2.75, 3.05) is 0 Å². The zero-order valence-electron chi connectivity index (χ0n) is 13.7. The van der Waals surface area contributed by atoms with Crippen LogP contribution in [0.1, 0.15) is 38.2 Å². The highest BCUT2D eigenvalue weighted by Gasteiger charge is 2.24. The number of amides is 3. The Morgan fingerprint density at radius 1 is 1.33 bits per heavy atom. The molecule has 1 aliphatic rings. The molecule has 3 amide bonds. The maximum atomic E-state index is 12.0. The maximum absolute atomic E-state index is 12.0. The molecule has 2 N–H and O–H groups in total. The fourth-order valence-electron chi connectivity index (χ4n) is 2.62. The van der Waals surface area contributed by atoms with Crippen LogP contribution >= 0.6 is 0 Å². The minimum atomic E-state index is -1.04. The second-order valence-electron chi connectivity index (χ2n) is 5.93. The quantitative estimate of drug-likeness (QED) is 0.634. The topological polar surface area (TPSA) is 111 Å². The van der Waals surface area contributed by atoms with Crippen molar-refractivity contribution in [3.8, 4) is 5.75 Å². The summed E-state index contributed by atoms with van der Waals surface area (Å²) in [6.45, 7) is 3.15. The number of nitro benzene ring substituents is 1. The number of carbonyl (C=O) groups is 2. The fourth-order valence-corrected chi connectivity index (χ4v) is 2.62. The number of imide groups is 1. The lowest BCUT2D eigenvalue weighted by Gasteiger charge is -2.16. The molecule has 0 bridgehead atoms. The molecule has 1 saturated carbocycles. The molecule has 0 radical (unpaired) electrons. The van der Waals surface area contributed by atoms with Crippen LogP contribution in [0.25, 0.3) is 0 Å². The smallest absolute Gasteiger partial charge is 0.321 e. The molecule has 0 spiro atoms. The van der Waals surface area contributed by atoms with Crippen molar-refractivity contribution < 1.29 is 19.2 Å². The van der Waals surface area contributed by atoms with Crippen molar-refractivity contribution in [3.05, 3.63) is 33.9 Å². The molecule has 2 rings (SSSR count). The Bertz CT molecular complexity index is 641. The van der Waals surface area contributed by atoms with E-state index in [-0.39, 0.29) is 17.5 Å². The van der Waals surface area contributed by atoms with E-state index in [0.29, 0.717) is 5.56 Å². The summed E-state index contributed by atoms with van der Waals surface area (Å²) in [5, 5.41) is 16.0. The number of nitrogens with one attached hydrogen (secondary N) is 2. The molecule has 0 aliphatic heterocycles. The van der Waals surface area contributed by atoms with Gasteiger partial charge >= 0.3 is 11.7 Å². The van der Waals surface area contributed by atoms with E-state index in [4.69, 9.17) is 4.74 Å². The zero-order chi connectivity index (χ0) is 17.7. The average Bonchev–Trinajstić information content (AvgIpc) is 3.01. The van der Waals surface area contributed by atoms with Crippen molar-refractivity contribution in [1.82, 2.24) is 10.6 Å². The van der Waals surface area contributed by atoms with Crippen LogP contribution in [0, 0.1) is 17.0 Å². The molecule has 1 aliphatic carbocycles. The number of nitrogens with zero attached hydrogens (tertiary/aromatic N) is 1. The molecule has 0 unspecified atom stereocenters. The molecule has 8 nitrogen and oxygen atoms in total. The van der Waals surface area contributed by atoms with E-state index in [1.165, 1.54) is 19.1 Å². The summed E-state index contributed by atoms with van der Waals surface area (Å²) in [6.07, 6.45) is 2.90. The predicted octanol–water partition coefficient (Wildman–Crippen LogP) is 2.44. The lowest BCUT2D eigenvalue weighted by atomic mass is 10.2. The van der Waals surface area contributed by atoms with Crippen LogP contribution in [0.2, 0.25) is 0 Å². The van der Waals surface area contributed by atoms with Gasteiger partial charge in [0.1, 0.15) is 0 Å². The second-order valence-corrected chi connectivity index (χ2v) is 5.93. The van der Waals surface area contributed by atoms with E-state index >= 15 is 0 Å². The highest BCUT2D eigenvalue weighted by atomic mass is 16.6. The minimum Gasteiger partial charge on any atom is -0.474 e. The van der Waals surface area contributed by atoms with Crippen LogP contribution in [-0.4, -0.2) is 29.0 Å². The van der Waals surface area contributed by atoms with Gasteiger partial charge in [-0.25, -0.2) is 4.79 Å². The molecule has 24 heavy (non-hydrogen) atoms. The summed E-state index contributed by atoms with van der Waals surface area (Å²) in [4.78, 5) is 34.3. The summed E-state index contributed by atoms with van der Waals surface area (Å²) >= 11 is 0. The van der Waals surface area contributed by atoms with Crippen molar-refractivity contribution in [3.63, 3.8) is 0 Å². The van der Waals surface area contributed by atoms with Crippen LogP contribution in [0.15, 0.2) is 18.2 Å². The number of nitro groups is 1. The van der Waals surface area contributed by atoms with E-state index in [2.05, 4.69) is 10.6 Å². The Hall–Kier alpha value is -2.64. The van der Waals surface area contributed by atoms with Gasteiger partial charge in [0.25, 0.3) is 5.91 Å². The van der Waals surface area contributed by atoms with E-state index in [1.807, 2.05) is 0 Å². The second kappa shape index (κ2) is 7.76. The van der Waals surface area contributed by atoms with Gasteiger partial charge in [-0.3, -0.25) is 20.2 Å². The van der Waals surface area contributed by atoms with Crippen molar-refractivity contribution in [2.24, 2.45) is 0 Å². The lowest BCUT2D eigenvalue weighted by Crippen LogP contribution is -2.47. The SMILES string of the molecule is Cc1ccc(O[C@H](C)C(=O)NC(=O)NC2CCCC2)c([N+](=O)[O-])c1. The Labute approximate surface area is 139 Å². The van der Waals surface area contributed by atoms with Gasteiger partial charge in [0.05, 0.1) is 4.92 Å². The largest absolute Gasteiger partial charge is 0.474 e. The first-order valence-electron chi connectivity index (χ1n) is 7.90. The summed E-state index contributed by atoms with van der Waals surface area (Å²) < 4.78 is 5.36. The molecular formula is C16H21N3O5. The first-order valence-corrected chi connectivity index (χ1v) is 7.90. The monoisotopic (exact) mass is 335 g/mol. The van der Waals surface area contributed by atoms with Crippen molar-refractivity contribution in [2.45, 2.75) is 51.7 Å². The minimum absolute atomic E-state index is 0.00977. The summed E-state index contributed by atoms with van der Waals surface area (Å²) in [5.74, 6) is -0.662. The molecule has 8 heteroatoms. The first kappa shape index (κ1) is 17.7. The van der Waals surface area contributed by atoms with Gasteiger partial charge in [-0.15, -0.1) is 0 Å². The standard InChI is InChI=1S/C16H21N3O5/c1-10-7-8-14(13(9-10)19(22)23)24-11(2)15(20)18-16(21)17-12-5-3-4-6-12/h7-9,11-12H,3-6H2,1-2H3,(H2,17,18,20,21)/t11-/m1/s1. The Kier molecular flexibility index (Phi) is 5.73. The molecule has 0 aromatic heterocycles. The van der Waals surface area contributed by atoms with Crippen molar-refractivity contribution in [1.29, 1.82) is 0 Å². The van der Waals surface area contributed by atoms with Crippen LogP contribution in [0.5, 0.6) is 5.75 Å². The number of aryl methyl sites for hydroxylation is 1. The highest BCUT2D eigenvalue weighted by molar-refractivity contribution is 5.96. The summed E-state index contributed by atoms with van der Waals surface area (Å²) in [6, 6.07) is 3.98. The number of hydrogen-bond donors (Lipinski definition) is 2. The van der Waals surface area contributed by atoms with Crippen LogP contribution in [0.4, 0.5) is 10.5 Å². The lowest BCUT2D eigenvalue weighted by molar-refractivity contribution is -0.386. The molecule has 1 atom stereocenters. The van der Waals surface area contributed by atoms with Gasteiger partial charge in [0.15, 0.2) is 11.9 Å². The third kappa shape index (κ3) is 4.68. The summed E-state index contributed by atoms with van der Waals surface area (Å²) in [5.41, 5.74) is 0.493. The molecule has 0 heterocycles. The third-order valence-electron chi connectivity index (χ3n) is 3.91. The number of rotatable bonds is 5. The number of hydrogen-bond acceptors (Lipinski definition) is 5. The number of ether oxygens (including phenoxy) is 1. The van der Waals surface area contributed by atoms with Gasteiger partial charge in [0, 0.05) is 12.1 Å². The van der Waals surface area contributed by atoms with Gasteiger partial charge < -0.3 is 10.1 Å². The third-order valence-corrected chi connectivity index (χ3v) is 3.91. The van der Waals surface area contributed by atoms with Gasteiger partial charge in [-0.05, 0) is 38.3 Å². The molecule has 130 valence electrons. The van der Waals surface area contributed by atoms with Gasteiger partial charge in [0.2, 0.25) is 0 Å². The number of benzene rings is 1. The van der Waals surface area contributed by atoms with E-state index < -0.39 is 23.0 Å². The van der Waals surface area contributed by atoms with E-state index in [9.17, 15) is 19.7 Å². The van der Waals surface area contributed by atoms with Crippen LogP contribution in [-0.2, 0) is 4.79 Å². The predicted molar refractivity (Wildman–Crippen MR) is 86.9 cm³/mol. The Morgan fingerprint density at radius 2 is 2.00 bits per heavy atom. The molecule has 1 aromatic rings. The maximum Gasteiger partial charge on any atom is 0.321 e. The normalized spacial score (nSPS) is 15.6. The average molecular weight is 335 g/mol. The van der Waals surface area contributed by atoms with Crippen LogP contribution < -0.4 is 15.4 Å². The highest BCUT2D eigenvalue weighted by Crippen LogP contribution is 2.28. The Morgan fingerprint density at radius 3 is 2.62 bits per heavy atom. The van der Waals surface area contributed by atoms with Gasteiger partial charge in [-0.2, -0.15) is 0 Å². The van der Waals surface area contributed by atoms with E-state index in [1.54, 1.807) is 13.0 Å². The fraction of sp³-hybridized carbons (Fsp3) is 0.500. The van der Waals surface area contributed by atoms with Gasteiger partial charge in [-0.1, -0.05) is 18.9 Å². The zero-order valence-corrected chi connectivity index (χ0v) is 13.7. The van der Waals surface area contributed by atoms with Crippen LogP contribution in [0.3, 0.4) is 0 Å².